The van der Waals surface area contributed by atoms with Crippen LogP contribution in [0, 0.1) is 0 Å². The van der Waals surface area contributed by atoms with Crippen molar-refractivity contribution in [3.63, 3.8) is 0 Å². The minimum atomic E-state index is -0.364. The molecule has 1 heterocycles. The van der Waals surface area contributed by atoms with Gasteiger partial charge in [-0.3, -0.25) is 4.79 Å². The molecule has 0 unspecified atom stereocenters. The molecule has 1 saturated heterocycles. The number of primary amides is 1. The number of hydrogen-bond donors (Lipinski definition) is 3. The van der Waals surface area contributed by atoms with Gasteiger partial charge in [0.1, 0.15) is 0 Å². The van der Waals surface area contributed by atoms with Gasteiger partial charge in [-0.2, -0.15) is 0 Å². The largest absolute Gasteiger partial charge is 0.364 e. The van der Waals surface area contributed by atoms with Gasteiger partial charge in [-0.25, -0.2) is 4.79 Å². The quantitative estimate of drug-likeness (QED) is 0.489. The Morgan fingerprint density at radius 2 is 2.20 bits per heavy atom. The zero-order valence-corrected chi connectivity index (χ0v) is 9.19. The van der Waals surface area contributed by atoms with Crippen LogP contribution in [0.15, 0.2) is 0 Å². The summed E-state index contributed by atoms with van der Waals surface area (Å²) in [5.74, 6) is -0.364. The predicted molar refractivity (Wildman–Crippen MR) is 55.0 cm³/mol. The Balaban J connectivity index is 2.48. The van der Waals surface area contributed by atoms with Crippen LogP contribution in [-0.4, -0.2) is 48.6 Å². The molecule has 1 aliphatic rings. The smallest absolute Gasteiger partial charge is 0.318 e. The van der Waals surface area contributed by atoms with E-state index in [9.17, 15) is 9.59 Å². The lowest BCUT2D eigenvalue weighted by atomic mass is 10.2. The molecule has 5 N–H and O–H groups in total. The highest BCUT2D eigenvalue weighted by Crippen LogP contribution is 1.95. The van der Waals surface area contributed by atoms with Crippen molar-refractivity contribution in [3.8, 4) is 0 Å². The van der Waals surface area contributed by atoms with E-state index in [4.69, 9.17) is 5.73 Å². The summed E-state index contributed by atoms with van der Waals surface area (Å²) in [4.78, 5) is 24.2. The van der Waals surface area contributed by atoms with Crippen LogP contribution in [0.2, 0.25) is 0 Å². The van der Waals surface area contributed by atoms with E-state index >= 15 is 0 Å². The summed E-state index contributed by atoms with van der Waals surface area (Å²) in [6.07, 6.45) is 0. The first-order valence-corrected chi connectivity index (χ1v) is 5.18. The lowest BCUT2D eigenvalue weighted by molar-refractivity contribution is -0.683. The number of hydrogen-bond acceptors (Lipinski definition) is 2. The molecule has 86 valence electrons. The van der Waals surface area contributed by atoms with E-state index in [1.807, 2.05) is 19.2 Å². The molecule has 0 spiro atoms. The maximum atomic E-state index is 11.6. The summed E-state index contributed by atoms with van der Waals surface area (Å²) in [6.45, 7) is 5.58. The van der Waals surface area contributed by atoms with Crippen molar-refractivity contribution in [1.29, 1.82) is 0 Å². The third kappa shape index (κ3) is 3.39. The molecule has 15 heavy (non-hydrogen) atoms. The topological polar surface area (TPSA) is 92.0 Å². The molecular formula is C9H19N4O2+. The molecule has 1 rings (SSSR count). The average Bonchev–Trinajstić information content (AvgIpc) is 2.17. The lowest BCUT2D eigenvalue weighted by Crippen LogP contribution is -2.97. The van der Waals surface area contributed by atoms with Gasteiger partial charge in [0.25, 0.3) is 5.91 Å². The maximum Gasteiger partial charge on any atom is 0.318 e. The van der Waals surface area contributed by atoms with Gasteiger partial charge in [-0.1, -0.05) is 0 Å². The Labute approximate surface area is 89.2 Å². The number of urea groups is 1. The van der Waals surface area contributed by atoms with Crippen LogP contribution in [0.3, 0.4) is 0 Å². The van der Waals surface area contributed by atoms with Crippen LogP contribution in [0.4, 0.5) is 4.79 Å². The van der Waals surface area contributed by atoms with Crippen molar-refractivity contribution in [1.82, 2.24) is 10.2 Å². The number of carbonyl (C=O) groups is 2. The lowest BCUT2D eigenvalue weighted by Gasteiger charge is -2.30. The van der Waals surface area contributed by atoms with Gasteiger partial charge in [-0.15, -0.1) is 0 Å². The summed E-state index contributed by atoms with van der Waals surface area (Å²) in [7, 11) is 0. The monoisotopic (exact) mass is 215 g/mol. The Kier molecular flexibility index (Phi) is 3.90. The second-order valence-electron chi connectivity index (χ2n) is 4.08. The number of quaternary nitrogens is 1. The minimum Gasteiger partial charge on any atom is -0.364 e. The molecule has 6 nitrogen and oxygen atoms in total. The highest BCUT2D eigenvalue weighted by molar-refractivity contribution is 5.80. The van der Waals surface area contributed by atoms with Crippen molar-refractivity contribution in [2.45, 2.75) is 25.9 Å². The summed E-state index contributed by atoms with van der Waals surface area (Å²) in [5, 5.41) is 4.67. The van der Waals surface area contributed by atoms with Crippen LogP contribution < -0.4 is 16.4 Å². The molecule has 0 aromatic carbocycles. The van der Waals surface area contributed by atoms with Gasteiger partial charge >= 0.3 is 6.03 Å². The standard InChI is InChI=1S/C9H18N4O2/c1-6(2)12-9(15)13-4-3-11-7(5-13)8(10)14/h6-7,11H,3-5H2,1-2H3,(H2,10,14)(H,12,15)/p+1/t7-/m0/s1. The van der Waals surface area contributed by atoms with Gasteiger partial charge in [-0.05, 0) is 13.8 Å². The number of nitrogens with one attached hydrogen (secondary N) is 1. The third-order valence-electron chi connectivity index (χ3n) is 2.33. The van der Waals surface area contributed by atoms with E-state index in [1.165, 1.54) is 0 Å². The second kappa shape index (κ2) is 4.97. The number of piperazine rings is 1. The van der Waals surface area contributed by atoms with Crippen molar-refractivity contribution >= 4 is 11.9 Å². The Morgan fingerprint density at radius 1 is 1.53 bits per heavy atom. The molecule has 0 saturated carbocycles. The zero-order chi connectivity index (χ0) is 11.4. The normalized spacial score (nSPS) is 21.5. The molecule has 0 aromatic rings. The van der Waals surface area contributed by atoms with E-state index in [2.05, 4.69) is 5.32 Å². The molecule has 1 aliphatic heterocycles. The van der Waals surface area contributed by atoms with Gasteiger partial charge in [0.05, 0.1) is 19.6 Å². The highest BCUT2D eigenvalue weighted by atomic mass is 16.2. The summed E-state index contributed by atoms with van der Waals surface area (Å²) >= 11 is 0. The molecule has 0 aliphatic carbocycles. The molecule has 3 amide bonds. The number of nitrogens with zero attached hydrogens (tertiary/aromatic N) is 1. The van der Waals surface area contributed by atoms with Crippen LogP contribution in [-0.2, 0) is 4.79 Å². The minimum absolute atomic E-state index is 0.107. The Morgan fingerprint density at radius 3 is 2.73 bits per heavy atom. The van der Waals surface area contributed by atoms with Crippen LogP contribution in [0.1, 0.15) is 13.8 Å². The van der Waals surface area contributed by atoms with Crippen molar-refractivity contribution in [3.05, 3.63) is 0 Å². The fourth-order valence-corrected chi connectivity index (χ4v) is 1.56. The average molecular weight is 215 g/mol. The summed E-state index contributed by atoms with van der Waals surface area (Å²) in [6, 6.07) is -0.323. The van der Waals surface area contributed by atoms with Gasteiger partial charge in [0.2, 0.25) is 0 Å². The van der Waals surface area contributed by atoms with Gasteiger partial charge in [0.15, 0.2) is 6.04 Å². The van der Waals surface area contributed by atoms with E-state index in [0.29, 0.717) is 13.1 Å². The van der Waals surface area contributed by atoms with E-state index in [-0.39, 0.29) is 24.0 Å². The summed E-state index contributed by atoms with van der Waals surface area (Å²) in [5.41, 5.74) is 5.20. The second-order valence-corrected chi connectivity index (χ2v) is 4.08. The molecule has 0 radical (unpaired) electrons. The Bertz CT molecular complexity index is 254. The van der Waals surface area contributed by atoms with Crippen LogP contribution in [0.5, 0.6) is 0 Å². The number of nitrogens with two attached hydrogens (primary N) is 2. The van der Waals surface area contributed by atoms with Crippen molar-refractivity contribution in [2.75, 3.05) is 19.6 Å². The number of carbonyl (C=O) groups excluding carboxylic acids is 2. The predicted octanol–water partition coefficient (Wildman–Crippen LogP) is -2.16. The van der Waals surface area contributed by atoms with E-state index in [1.54, 1.807) is 4.90 Å². The third-order valence-corrected chi connectivity index (χ3v) is 2.33. The molecule has 1 atom stereocenters. The van der Waals surface area contributed by atoms with Crippen LogP contribution >= 0.6 is 0 Å². The SMILES string of the molecule is CC(C)NC(=O)N1CC[NH2+][C@H](C(N)=O)C1. The van der Waals surface area contributed by atoms with Gasteiger partial charge < -0.3 is 21.3 Å². The fourth-order valence-electron chi connectivity index (χ4n) is 1.56. The molecule has 0 bridgehead atoms. The molecule has 6 heteroatoms. The van der Waals surface area contributed by atoms with Crippen LogP contribution in [0.25, 0.3) is 0 Å². The van der Waals surface area contributed by atoms with Crippen molar-refractivity contribution < 1.29 is 14.9 Å². The zero-order valence-electron chi connectivity index (χ0n) is 9.19. The molecule has 0 aromatic heterocycles. The highest BCUT2D eigenvalue weighted by Gasteiger charge is 2.29. The first-order chi connectivity index (χ1) is 7.00. The van der Waals surface area contributed by atoms with Gasteiger partial charge in [0, 0.05) is 6.04 Å². The first-order valence-electron chi connectivity index (χ1n) is 5.18. The molecular weight excluding hydrogens is 196 g/mol. The van der Waals surface area contributed by atoms with E-state index < -0.39 is 0 Å². The first kappa shape index (κ1) is 11.8. The summed E-state index contributed by atoms with van der Waals surface area (Å²) < 4.78 is 0. The number of amides is 3. The molecule has 1 fully saturated rings. The van der Waals surface area contributed by atoms with E-state index in [0.717, 1.165) is 6.54 Å². The maximum absolute atomic E-state index is 11.6. The van der Waals surface area contributed by atoms with Crippen molar-refractivity contribution in [2.24, 2.45) is 5.73 Å². The fraction of sp³-hybridized carbons (Fsp3) is 0.778. The Hall–Kier alpha value is -1.30. The number of rotatable bonds is 2.